The number of rotatable bonds is 4. The molecule has 1 aromatic rings. The number of hydrogen-bond donors (Lipinski definition) is 0. The number of likely N-dealkylation sites (tertiary alicyclic amines) is 1. The Morgan fingerprint density at radius 3 is 2.61 bits per heavy atom. The third kappa shape index (κ3) is 3.91. The molecular formula is C17H29N5O. The lowest BCUT2D eigenvalue weighted by atomic mass is 10.1. The first-order valence-electron chi connectivity index (χ1n) is 9.02. The van der Waals surface area contributed by atoms with Crippen LogP contribution in [0.1, 0.15) is 67.9 Å². The van der Waals surface area contributed by atoms with E-state index in [1.807, 2.05) is 17.9 Å². The number of carbonyl (C=O) groups is 1. The molecule has 128 valence electrons. The molecule has 3 rings (SSSR count). The van der Waals surface area contributed by atoms with Crippen LogP contribution in [0.3, 0.4) is 0 Å². The van der Waals surface area contributed by atoms with E-state index in [2.05, 4.69) is 22.3 Å². The minimum absolute atomic E-state index is 0.00910. The number of hydrogen-bond acceptors (Lipinski definition) is 4. The molecule has 1 amide bonds. The lowest BCUT2D eigenvalue weighted by Gasteiger charge is -2.25. The van der Waals surface area contributed by atoms with E-state index in [0.29, 0.717) is 17.8 Å². The fourth-order valence-corrected chi connectivity index (χ4v) is 3.88. The SMILES string of the molecule is CN(C[C@H]1CCCN1C)C(=O)c1cn(C2CCCCCC2)nn1. The zero-order chi connectivity index (χ0) is 16.2. The molecular weight excluding hydrogens is 290 g/mol. The Morgan fingerprint density at radius 2 is 1.96 bits per heavy atom. The van der Waals surface area contributed by atoms with Crippen LogP contribution < -0.4 is 0 Å². The van der Waals surface area contributed by atoms with Gasteiger partial charge in [0.15, 0.2) is 5.69 Å². The smallest absolute Gasteiger partial charge is 0.275 e. The van der Waals surface area contributed by atoms with Crippen molar-refractivity contribution in [2.75, 3.05) is 27.2 Å². The van der Waals surface area contributed by atoms with Gasteiger partial charge in [-0.05, 0) is 39.3 Å². The first-order chi connectivity index (χ1) is 11.1. The van der Waals surface area contributed by atoms with Gasteiger partial charge >= 0.3 is 0 Å². The molecule has 0 N–H and O–H groups in total. The molecule has 1 aromatic heterocycles. The van der Waals surface area contributed by atoms with Crippen LogP contribution in [-0.4, -0.2) is 63.9 Å². The summed E-state index contributed by atoms with van der Waals surface area (Å²) in [4.78, 5) is 16.7. The second-order valence-corrected chi connectivity index (χ2v) is 7.19. The molecule has 2 heterocycles. The summed E-state index contributed by atoms with van der Waals surface area (Å²) in [5.41, 5.74) is 0.484. The number of amides is 1. The second kappa shape index (κ2) is 7.43. The summed E-state index contributed by atoms with van der Waals surface area (Å²) in [5, 5.41) is 8.39. The van der Waals surface area contributed by atoms with Gasteiger partial charge in [0.05, 0.1) is 12.2 Å². The summed E-state index contributed by atoms with van der Waals surface area (Å²) in [6.45, 7) is 1.90. The number of likely N-dealkylation sites (N-methyl/N-ethyl adjacent to an activating group) is 2. The molecule has 0 radical (unpaired) electrons. The predicted octanol–water partition coefficient (Wildman–Crippen LogP) is 2.34. The van der Waals surface area contributed by atoms with Gasteiger partial charge in [-0.15, -0.1) is 5.10 Å². The molecule has 0 aromatic carbocycles. The first kappa shape index (κ1) is 16.4. The van der Waals surface area contributed by atoms with E-state index >= 15 is 0 Å². The van der Waals surface area contributed by atoms with Gasteiger partial charge in [-0.2, -0.15) is 0 Å². The summed E-state index contributed by atoms with van der Waals surface area (Å²) in [6, 6.07) is 0.888. The van der Waals surface area contributed by atoms with Gasteiger partial charge in [0, 0.05) is 19.6 Å². The standard InChI is InChI=1S/C17H29N5O/c1-20-11-7-10-15(20)12-21(2)17(23)16-13-22(19-18-16)14-8-5-3-4-6-9-14/h13-15H,3-12H2,1-2H3/t15-/m1/s1. The molecule has 6 nitrogen and oxygen atoms in total. The van der Waals surface area contributed by atoms with Crippen molar-refractivity contribution in [1.29, 1.82) is 0 Å². The Labute approximate surface area is 138 Å². The average Bonchev–Trinajstić information content (AvgIpc) is 3.09. The maximum Gasteiger partial charge on any atom is 0.275 e. The molecule has 0 bridgehead atoms. The van der Waals surface area contributed by atoms with Gasteiger partial charge in [0.1, 0.15) is 0 Å². The monoisotopic (exact) mass is 319 g/mol. The molecule has 0 unspecified atom stereocenters. The van der Waals surface area contributed by atoms with Crippen molar-refractivity contribution < 1.29 is 4.79 Å². The van der Waals surface area contributed by atoms with E-state index < -0.39 is 0 Å². The van der Waals surface area contributed by atoms with Crippen LogP contribution in [0.25, 0.3) is 0 Å². The van der Waals surface area contributed by atoms with E-state index in [-0.39, 0.29) is 5.91 Å². The Hall–Kier alpha value is -1.43. The molecule has 1 atom stereocenters. The van der Waals surface area contributed by atoms with Gasteiger partial charge in [-0.25, -0.2) is 4.68 Å². The Morgan fingerprint density at radius 1 is 1.22 bits per heavy atom. The lowest BCUT2D eigenvalue weighted by Crippen LogP contribution is -2.39. The largest absolute Gasteiger partial charge is 0.339 e. The van der Waals surface area contributed by atoms with Crippen molar-refractivity contribution >= 4 is 5.91 Å². The lowest BCUT2D eigenvalue weighted by molar-refractivity contribution is 0.0755. The first-order valence-corrected chi connectivity index (χ1v) is 9.02. The molecule has 23 heavy (non-hydrogen) atoms. The van der Waals surface area contributed by atoms with Gasteiger partial charge in [0.2, 0.25) is 0 Å². The summed E-state index contributed by atoms with van der Waals surface area (Å²) in [5.74, 6) is -0.00910. The van der Waals surface area contributed by atoms with Crippen molar-refractivity contribution in [2.45, 2.75) is 63.5 Å². The molecule has 1 aliphatic carbocycles. The summed E-state index contributed by atoms with van der Waals surface area (Å²) < 4.78 is 1.92. The molecule has 2 aliphatic rings. The van der Waals surface area contributed by atoms with Crippen LogP contribution in [0.2, 0.25) is 0 Å². The van der Waals surface area contributed by atoms with Crippen molar-refractivity contribution in [3.8, 4) is 0 Å². The van der Waals surface area contributed by atoms with Crippen LogP contribution in [0.5, 0.6) is 0 Å². The zero-order valence-corrected chi connectivity index (χ0v) is 14.4. The topological polar surface area (TPSA) is 54.3 Å². The molecule has 2 fully saturated rings. The van der Waals surface area contributed by atoms with E-state index in [0.717, 1.165) is 25.9 Å². The highest BCUT2D eigenvalue weighted by Gasteiger charge is 2.26. The highest BCUT2D eigenvalue weighted by molar-refractivity contribution is 5.91. The zero-order valence-electron chi connectivity index (χ0n) is 14.4. The van der Waals surface area contributed by atoms with Gasteiger partial charge < -0.3 is 9.80 Å². The molecule has 0 spiro atoms. The predicted molar refractivity (Wildman–Crippen MR) is 89.4 cm³/mol. The minimum atomic E-state index is -0.00910. The van der Waals surface area contributed by atoms with Crippen LogP contribution >= 0.6 is 0 Å². The van der Waals surface area contributed by atoms with Crippen molar-refractivity contribution in [3.05, 3.63) is 11.9 Å². The van der Waals surface area contributed by atoms with Crippen LogP contribution in [0.4, 0.5) is 0 Å². The second-order valence-electron chi connectivity index (χ2n) is 7.19. The molecule has 6 heteroatoms. The number of nitrogens with zero attached hydrogens (tertiary/aromatic N) is 5. The Bertz CT molecular complexity index is 521. The number of aromatic nitrogens is 3. The third-order valence-electron chi connectivity index (χ3n) is 5.43. The highest BCUT2D eigenvalue weighted by atomic mass is 16.2. The van der Waals surface area contributed by atoms with E-state index in [9.17, 15) is 4.79 Å². The van der Waals surface area contributed by atoms with E-state index in [4.69, 9.17) is 0 Å². The highest BCUT2D eigenvalue weighted by Crippen LogP contribution is 2.26. The van der Waals surface area contributed by atoms with Crippen LogP contribution in [0, 0.1) is 0 Å². The average molecular weight is 319 g/mol. The van der Waals surface area contributed by atoms with Crippen LogP contribution in [0.15, 0.2) is 6.20 Å². The van der Waals surface area contributed by atoms with Crippen molar-refractivity contribution in [3.63, 3.8) is 0 Å². The van der Waals surface area contributed by atoms with Crippen LogP contribution in [-0.2, 0) is 0 Å². The molecule has 1 saturated carbocycles. The summed E-state index contributed by atoms with van der Waals surface area (Å²) in [7, 11) is 4.01. The molecule has 1 aliphatic heterocycles. The Balaban J connectivity index is 1.61. The quantitative estimate of drug-likeness (QED) is 0.799. The summed E-state index contributed by atoms with van der Waals surface area (Å²) >= 11 is 0. The Kier molecular flexibility index (Phi) is 5.30. The minimum Gasteiger partial charge on any atom is -0.339 e. The van der Waals surface area contributed by atoms with Gasteiger partial charge in [-0.3, -0.25) is 4.79 Å². The fourth-order valence-electron chi connectivity index (χ4n) is 3.88. The van der Waals surface area contributed by atoms with Gasteiger partial charge in [0.25, 0.3) is 5.91 Å². The van der Waals surface area contributed by atoms with Crippen molar-refractivity contribution in [2.24, 2.45) is 0 Å². The number of carbonyl (C=O) groups excluding carboxylic acids is 1. The van der Waals surface area contributed by atoms with E-state index in [1.54, 1.807) is 4.90 Å². The fraction of sp³-hybridized carbons (Fsp3) is 0.824. The molecule has 1 saturated heterocycles. The maximum atomic E-state index is 12.6. The summed E-state index contributed by atoms with van der Waals surface area (Å²) in [6.07, 6.45) is 11.7. The normalized spacial score (nSPS) is 23.8. The van der Waals surface area contributed by atoms with Crippen molar-refractivity contribution in [1.82, 2.24) is 24.8 Å². The third-order valence-corrected chi connectivity index (χ3v) is 5.43. The van der Waals surface area contributed by atoms with E-state index in [1.165, 1.54) is 38.5 Å². The maximum absolute atomic E-state index is 12.6. The van der Waals surface area contributed by atoms with Gasteiger partial charge in [-0.1, -0.05) is 30.9 Å².